The molecule has 1 aromatic carbocycles. The van der Waals surface area contributed by atoms with E-state index >= 15 is 0 Å². The van der Waals surface area contributed by atoms with Crippen molar-refractivity contribution in [1.82, 2.24) is 19.6 Å². The fourth-order valence-corrected chi connectivity index (χ4v) is 2.81. The molecule has 0 aliphatic carbocycles. The van der Waals surface area contributed by atoms with E-state index in [1.54, 1.807) is 24.8 Å². The molecule has 152 valence electrons. The first kappa shape index (κ1) is 21.8. The molecule has 7 nitrogen and oxygen atoms in total. The van der Waals surface area contributed by atoms with E-state index in [0.717, 1.165) is 5.69 Å². The number of para-hydroxylation sites is 1. The standard InChI is InChI=1S/C20H28ClN5O2/c1-7-25(19(28)24(5)6)13-18(27)22-17-12-16(20(2,3)4)23-26(17)15-11-9-8-10-14(15)21/h8-12H,7,13H2,1-6H3,(H,22,27). The van der Waals surface area contributed by atoms with Crippen LogP contribution in [-0.4, -0.2) is 58.7 Å². The number of aromatic nitrogens is 2. The van der Waals surface area contributed by atoms with Gasteiger partial charge in [0, 0.05) is 32.1 Å². The number of amides is 3. The van der Waals surface area contributed by atoms with E-state index in [2.05, 4.69) is 10.4 Å². The van der Waals surface area contributed by atoms with Crippen LogP contribution in [0.4, 0.5) is 10.6 Å². The number of nitrogens with zero attached hydrogens (tertiary/aromatic N) is 4. The van der Waals surface area contributed by atoms with Gasteiger partial charge in [0.15, 0.2) is 0 Å². The van der Waals surface area contributed by atoms with E-state index < -0.39 is 0 Å². The van der Waals surface area contributed by atoms with Crippen LogP contribution >= 0.6 is 11.6 Å². The first-order chi connectivity index (χ1) is 13.0. The lowest BCUT2D eigenvalue weighted by Gasteiger charge is -2.24. The van der Waals surface area contributed by atoms with Crippen molar-refractivity contribution in [3.63, 3.8) is 0 Å². The van der Waals surface area contributed by atoms with Crippen molar-refractivity contribution in [2.75, 3.05) is 32.5 Å². The maximum Gasteiger partial charge on any atom is 0.319 e. The summed E-state index contributed by atoms with van der Waals surface area (Å²) in [5, 5.41) is 8.06. The van der Waals surface area contributed by atoms with E-state index in [1.807, 2.05) is 52.0 Å². The van der Waals surface area contributed by atoms with Crippen LogP contribution in [0.5, 0.6) is 0 Å². The third-order valence-electron chi connectivity index (χ3n) is 4.20. The Morgan fingerprint density at radius 2 is 1.86 bits per heavy atom. The van der Waals surface area contributed by atoms with Crippen molar-refractivity contribution >= 4 is 29.4 Å². The van der Waals surface area contributed by atoms with Crippen molar-refractivity contribution in [1.29, 1.82) is 0 Å². The fourth-order valence-electron chi connectivity index (χ4n) is 2.60. The third kappa shape index (κ3) is 5.04. The summed E-state index contributed by atoms with van der Waals surface area (Å²) in [4.78, 5) is 27.7. The van der Waals surface area contributed by atoms with Crippen LogP contribution in [0.2, 0.25) is 5.02 Å². The lowest BCUT2D eigenvalue weighted by atomic mass is 9.92. The largest absolute Gasteiger partial charge is 0.331 e. The molecule has 0 aliphatic heterocycles. The van der Waals surface area contributed by atoms with Gasteiger partial charge >= 0.3 is 6.03 Å². The Bertz CT molecular complexity index is 855. The number of halogens is 1. The number of hydrogen-bond acceptors (Lipinski definition) is 3. The van der Waals surface area contributed by atoms with Crippen molar-refractivity contribution in [3.8, 4) is 5.69 Å². The average molecular weight is 406 g/mol. The zero-order valence-electron chi connectivity index (χ0n) is 17.3. The second kappa shape index (κ2) is 8.65. The van der Waals surface area contributed by atoms with Crippen molar-refractivity contribution in [2.45, 2.75) is 33.1 Å². The zero-order chi connectivity index (χ0) is 21.1. The number of carbonyl (C=O) groups excluding carboxylic acids is 2. The molecule has 0 fully saturated rings. The van der Waals surface area contributed by atoms with Gasteiger partial charge in [-0.1, -0.05) is 44.5 Å². The molecule has 2 rings (SSSR count). The van der Waals surface area contributed by atoms with Gasteiger partial charge in [-0.25, -0.2) is 9.48 Å². The summed E-state index contributed by atoms with van der Waals surface area (Å²) in [5.74, 6) is 0.210. The van der Waals surface area contributed by atoms with E-state index in [-0.39, 0.29) is 23.9 Å². The summed E-state index contributed by atoms with van der Waals surface area (Å²) in [5.41, 5.74) is 1.29. The van der Waals surface area contributed by atoms with E-state index in [0.29, 0.717) is 23.1 Å². The summed E-state index contributed by atoms with van der Waals surface area (Å²) in [6.45, 7) is 8.36. The van der Waals surface area contributed by atoms with Crippen LogP contribution in [-0.2, 0) is 10.2 Å². The summed E-state index contributed by atoms with van der Waals surface area (Å²) in [7, 11) is 3.32. The highest BCUT2D eigenvalue weighted by atomic mass is 35.5. The van der Waals surface area contributed by atoms with Crippen molar-refractivity contribution in [3.05, 3.63) is 41.0 Å². The lowest BCUT2D eigenvalue weighted by molar-refractivity contribution is -0.116. The number of carbonyl (C=O) groups is 2. The van der Waals surface area contributed by atoms with E-state index in [1.165, 1.54) is 9.80 Å². The molecule has 0 unspecified atom stereocenters. The quantitative estimate of drug-likeness (QED) is 0.823. The monoisotopic (exact) mass is 405 g/mol. The summed E-state index contributed by atoms with van der Waals surface area (Å²) in [6, 6.07) is 8.93. The molecular weight excluding hydrogens is 378 g/mol. The molecule has 0 saturated heterocycles. The van der Waals surface area contributed by atoms with Gasteiger partial charge in [-0.2, -0.15) is 5.10 Å². The highest BCUT2D eigenvalue weighted by molar-refractivity contribution is 6.32. The smallest absolute Gasteiger partial charge is 0.319 e. The van der Waals surface area contributed by atoms with Gasteiger partial charge in [0.1, 0.15) is 12.4 Å². The van der Waals surface area contributed by atoms with Gasteiger partial charge in [0.05, 0.1) is 16.4 Å². The molecule has 28 heavy (non-hydrogen) atoms. The first-order valence-corrected chi connectivity index (χ1v) is 9.54. The molecule has 1 N–H and O–H groups in total. The maximum absolute atomic E-state index is 12.6. The second-order valence-corrected chi connectivity index (χ2v) is 8.17. The highest BCUT2D eigenvalue weighted by Gasteiger charge is 2.23. The fraction of sp³-hybridized carbons (Fsp3) is 0.450. The summed E-state index contributed by atoms with van der Waals surface area (Å²) in [6.07, 6.45) is 0. The minimum Gasteiger partial charge on any atom is -0.331 e. The van der Waals surface area contributed by atoms with Gasteiger partial charge in [0.2, 0.25) is 5.91 Å². The topological polar surface area (TPSA) is 70.5 Å². The van der Waals surface area contributed by atoms with Crippen LogP contribution in [0.15, 0.2) is 30.3 Å². The zero-order valence-corrected chi connectivity index (χ0v) is 18.0. The molecular formula is C20H28ClN5O2. The molecule has 0 radical (unpaired) electrons. The molecule has 0 aliphatic rings. The Morgan fingerprint density at radius 1 is 1.21 bits per heavy atom. The van der Waals surface area contributed by atoms with Gasteiger partial charge < -0.3 is 15.1 Å². The summed E-state index contributed by atoms with van der Waals surface area (Å²) < 4.78 is 1.63. The minimum atomic E-state index is -0.300. The second-order valence-electron chi connectivity index (χ2n) is 7.77. The molecule has 1 aromatic heterocycles. The number of anilines is 1. The molecule has 0 bridgehead atoms. The third-order valence-corrected chi connectivity index (χ3v) is 4.51. The first-order valence-electron chi connectivity index (χ1n) is 9.16. The molecule has 0 atom stereocenters. The Labute approximate surface area is 171 Å². The average Bonchev–Trinajstić information content (AvgIpc) is 3.03. The van der Waals surface area contributed by atoms with Crippen molar-refractivity contribution < 1.29 is 9.59 Å². The Hall–Kier alpha value is -2.54. The normalized spacial score (nSPS) is 11.2. The Balaban J connectivity index is 2.34. The summed E-state index contributed by atoms with van der Waals surface area (Å²) >= 11 is 6.34. The van der Waals surface area contributed by atoms with Gasteiger partial charge in [-0.05, 0) is 19.1 Å². The van der Waals surface area contributed by atoms with Gasteiger partial charge in [-0.3, -0.25) is 4.79 Å². The number of hydrogen-bond donors (Lipinski definition) is 1. The van der Waals surface area contributed by atoms with Crippen LogP contribution in [0.3, 0.4) is 0 Å². The number of benzene rings is 1. The number of urea groups is 1. The molecule has 2 aromatic rings. The number of nitrogens with one attached hydrogen (secondary N) is 1. The highest BCUT2D eigenvalue weighted by Crippen LogP contribution is 2.29. The Kier molecular flexibility index (Phi) is 6.72. The molecule has 1 heterocycles. The lowest BCUT2D eigenvalue weighted by Crippen LogP contribution is -2.43. The predicted octanol–water partition coefficient (Wildman–Crippen LogP) is 3.77. The molecule has 0 spiro atoms. The minimum absolute atomic E-state index is 0.0495. The maximum atomic E-state index is 12.6. The van der Waals surface area contributed by atoms with Crippen LogP contribution in [0.25, 0.3) is 5.69 Å². The van der Waals surface area contributed by atoms with Gasteiger partial charge in [-0.15, -0.1) is 0 Å². The molecule has 3 amide bonds. The van der Waals surface area contributed by atoms with Crippen molar-refractivity contribution in [2.24, 2.45) is 0 Å². The van der Waals surface area contributed by atoms with Crippen LogP contribution < -0.4 is 5.32 Å². The van der Waals surface area contributed by atoms with Crippen LogP contribution in [0, 0.1) is 0 Å². The molecule has 8 heteroatoms. The van der Waals surface area contributed by atoms with E-state index in [4.69, 9.17) is 11.6 Å². The van der Waals surface area contributed by atoms with Crippen LogP contribution in [0.1, 0.15) is 33.4 Å². The van der Waals surface area contributed by atoms with E-state index in [9.17, 15) is 9.59 Å². The van der Waals surface area contributed by atoms with Gasteiger partial charge in [0.25, 0.3) is 0 Å². The predicted molar refractivity (Wildman–Crippen MR) is 112 cm³/mol. The SMILES string of the molecule is CCN(CC(=O)Nc1cc(C(C)(C)C)nn1-c1ccccc1Cl)C(=O)N(C)C. The number of rotatable bonds is 5. The number of likely N-dealkylation sites (N-methyl/N-ethyl adjacent to an activating group) is 1. The Morgan fingerprint density at radius 3 is 2.39 bits per heavy atom. The molecule has 0 saturated carbocycles.